The maximum Gasteiger partial charge on any atom is 0.234 e. The third-order valence-electron chi connectivity index (χ3n) is 8.20. The van der Waals surface area contributed by atoms with E-state index >= 15 is 0 Å². The van der Waals surface area contributed by atoms with Crippen LogP contribution in [0.15, 0.2) is 54.7 Å². The van der Waals surface area contributed by atoms with Crippen LogP contribution in [0.1, 0.15) is 41.7 Å². The monoisotopic (exact) mass is 566 g/mol. The van der Waals surface area contributed by atoms with Crippen molar-refractivity contribution in [3.05, 3.63) is 71.4 Å². The molecule has 0 aliphatic carbocycles. The molecule has 2 aromatic carbocycles. The van der Waals surface area contributed by atoms with Gasteiger partial charge in [0, 0.05) is 36.9 Å². The quantitative estimate of drug-likeness (QED) is 0.285. The van der Waals surface area contributed by atoms with Gasteiger partial charge in [-0.05, 0) is 68.6 Å². The van der Waals surface area contributed by atoms with Crippen molar-refractivity contribution < 1.29 is 13.2 Å². The Bertz CT molecular complexity index is 1430. The second-order valence-corrected chi connectivity index (χ2v) is 19.7. The highest BCUT2D eigenvalue weighted by molar-refractivity contribution is 7.89. The van der Waals surface area contributed by atoms with E-state index < -0.39 is 23.3 Å². The molecule has 0 saturated carbocycles. The Balaban J connectivity index is 1.68. The van der Waals surface area contributed by atoms with Crippen LogP contribution < -0.4 is 0 Å². The molecule has 0 radical (unpaired) electrons. The summed E-state index contributed by atoms with van der Waals surface area (Å²) < 4.78 is 36.8. The molecule has 4 rings (SSSR count). The largest absolute Gasteiger partial charge is 0.361 e. The van der Waals surface area contributed by atoms with Gasteiger partial charge in [-0.1, -0.05) is 56.0 Å². The van der Waals surface area contributed by atoms with Crippen LogP contribution in [0.4, 0.5) is 0 Å². The Morgan fingerprint density at radius 2 is 1.90 bits per heavy atom. The number of likely N-dealkylation sites (N-methyl/N-ethyl adjacent to an activating group) is 1. The Labute approximate surface area is 235 Å². The maximum absolute atomic E-state index is 13.6. The lowest BCUT2D eigenvalue weighted by molar-refractivity contribution is 0.0592. The molecule has 1 aromatic heterocycles. The van der Waals surface area contributed by atoms with E-state index in [9.17, 15) is 13.7 Å². The molecule has 39 heavy (non-hydrogen) atoms. The zero-order valence-corrected chi connectivity index (χ0v) is 25.9. The Kier molecular flexibility index (Phi) is 9.04. The molecule has 1 saturated heterocycles. The molecule has 0 N–H and O–H groups in total. The molecule has 2 unspecified atom stereocenters. The molecule has 0 amide bonds. The first-order valence-electron chi connectivity index (χ1n) is 13.7. The lowest BCUT2D eigenvalue weighted by Gasteiger charge is -2.25. The Morgan fingerprint density at radius 3 is 2.51 bits per heavy atom. The van der Waals surface area contributed by atoms with Gasteiger partial charge in [0.05, 0.1) is 19.7 Å². The van der Waals surface area contributed by atoms with Crippen molar-refractivity contribution in [2.24, 2.45) is 0 Å². The van der Waals surface area contributed by atoms with Crippen LogP contribution in [0, 0.1) is 11.3 Å². The van der Waals surface area contributed by atoms with Crippen molar-refractivity contribution in [2.75, 3.05) is 20.6 Å². The van der Waals surface area contributed by atoms with Gasteiger partial charge in [0.15, 0.2) is 5.25 Å². The van der Waals surface area contributed by atoms with Crippen molar-refractivity contribution in [3.63, 3.8) is 0 Å². The van der Waals surface area contributed by atoms with Crippen molar-refractivity contribution in [1.29, 1.82) is 5.26 Å². The summed E-state index contributed by atoms with van der Waals surface area (Å²) in [4.78, 5) is 2.40. The minimum atomic E-state index is -3.91. The van der Waals surface area contributed by atoms with Crippen LogP contribution in [0.5, 0.6) is 0 Å². The normalized spacial score (nSPS) is 18.5. The predicted molar refractivity (Wildman–Crippen MR) is 160 cm³/mol. The molecular formula is C30H42N4O3SSi. The molecule has 2 heterocycles. The summed E-state index contributed by atoms with van der Waals surface area (Å²) in [5.74, 6) is 0. The summed E-state index contributed by atoms with van der Waals surface area (Å²) in [6, 6.07) is 17.6. The predicted octanol–water partition coefficient (Wildman–Crippen LogP) is 5.54. The van der Waals surface area contributed by atoms with Crippen LogP contribution in [0.25, 0.3) is 10.9 Å². The van der Waals surface area contributed by atoms with E-state index in [0.29, 0.717) is 18.3 Å². The van der Waals surface area contributed by atoms with E-state index in [4.69, 9.17) is 4.74 Å². The van der Waals surface area contributed by atoms with Crippen molar-refractivity contribution >= 4 is 29.0 Å². The van der Waals surface area contributed by atoms with Gasteiger partial charge in [-0.15, -0.1) is 0 Å². The van der Waals surface area contributed by atoms with Crippen molar-refractivity contribution in [1.82, 2.24) is 13.8 Å². The number of sulfonamides is 1. The lowest BCUT2D eigenvalue weighted by atomic mass is 10.0. The first-order chi connectivity index (χ1) is 18.4. The van der Waals surface area contributed by atoms with Crippen molar-refractivity contribution in [3.8, 4) is 6.07 Å². The molecule has 1 aliphatic heterocycles. The van der Waals surface area contributed by atoms with E-state index in [2.05, 4.69) is 55.3 Å². The molecule has 210 valence electrons. The van der Waals surface area contributed by atoms with Crippen LogP contribution >= 0.6 is 0 Å². The zero-order valence-electron chi connectivity index (χ0n) is 24.1. The smallest absolute Gasteiger partial charge is 0.234 e. The number of likely N-dealkylation sites (tertiary alicyclic amines) is 1. The van der Waals surface area contributed by atoms with E-state index in [0.717, 1.165) is 35.9 Å². The number of ether oxygens (including phenoxy) is 1. The fraction of sp³-hybridized carbons (Fsp3) is 0.500. The topological polar surface area (TPSA) is 78.6 Å². The Morgan fingerprint density at radius 1 is 1.18 bits per heavy atom. The molecular weight excluding hydrogens is 525 g/mol. The number of hydrogen-bond donors (Lipinski definition) is 0. The molecule has 3 aromatic rings. The summed E-state index contributed by atoms with van der Waals surface area (Å²) in [6.07, 6.45) is 5.37. The minimum Gasteiger partial charge on any atom is -0.361 e. The van der Waals surface area contributed by atoms with E-state index in [1.165, 1.54) is 16.3 Å². The highest BCUT2D eigenvalue weighted by atomic mass is 32.2. The average Bonchev–Trinajstić information content (AvgIpc) is 3.45. The van der Waals surface area contributed by atoms with E-state index in [-0.39, 0.29) is 12.3 Å². The molecule has 3 atom stereocenters. The van der Waals surface area contributed by atoms with Crippen molar-refractivity contribution in [2.45, 2.75) is 76.1 Å². The van der Waals surface area contributed by atoms with Gasteiger partial charge in [0.2, 0.25) is 10.0 Å². The van der Waals surface area contributed by atoms with Crippen LogP contribution in [0.3, 0.4) is 0 Å². The first-order valence-corrected chi connectivity index (χ1v) is 18.8. The molecule has 1 aliphatic rings. The van der Waals surface area contributed by atoms with Crippen LogP contribution in [-0.2, 0) is 34.5 Å². The van der Waals surface area contributed by atoms with Gasteiger partial charge in [0.25, 0.3) is 0 Å². The summed E-state index contributed by atoms with van der Waals surface area (Å²) in [7, 11) is -1.65. The minimum absolute atomic E-state index is 0.201. The number of nitriles is 1. The highest BCUT2D eigenvalue weighted by Gasteiger charge is 2.32. The van der Waals surface area contributed by atoms with Gasteiger partial charge in [-0.2, -0.15) is 9.57 Å². The third kappa shape index (κ3) is 6.64. The van der Waals surface area contributed by atoms with E-state index in [1.54, 1.807) is 13.1 Å². The van der Waals surface area contributed by atoms with Gasteiger partial charge < -0.3 is 14.2 Å². The summed E-state index contributed by atoms with van der Waals surface area (Å²) >= 11 is 0. The average molecular weight is 567 g/mol. The number of rotatable bonds is 11. The summed E-state index contributed by atoms with van der Waals surface area (Å²) in [5, 5.41) is 9.79. The molecule has 7 nitrogen and oxygen atoms in total. The van der Waals surface area contributed by atoms with Gasteiger partial charge in [-0.3, -0.25) is 0 Å². The molecule has 9 heteroatoms. The maximum atomic E-state index is 13.6. The fourth-order valence-electron chi connectivity index (χ4n) is 5.18. The molecule has 0 spiro atoms. The van der Waals surface area contributed by atoms with Gasteiger partial charge in [-0.25, -0.2) is 8.42 Å². The fourth-order valence-corrected chi connectivity index (χ4v) is 7.06. The Hall–Kier alpha value is -2.48. The van der Waals surface area contributed by atoms with Gasteiger partial charge in [0.1, 0.15) is 6.73 Å². The SMILES string of the molecule is C[C@H](OCn1cc(CC2CCCN2C)c2cc(C(C#N)S(=O)(=O)N(C)Cc3ccccc3)ccc21)[Si](C)(C)C. The second kappa shape index (κ2) is 11.9. The number of benzene rings is 2. The number of aromatic nitrogens is 1. The first kappa shape index (κ1) is 29.5. The van der Waals surface area contributed by atoms with Gasteiger partial charge >= 0.3 is 0 Å². The standard InChI is InChI=1S/C30H42N4O3SSi/c1-23(39(4,5)6)37-22-34-21-26(17-27-13-10-16-32(27)2)28-18-25(14-15-29(28)34)30(19-31)38(35,36)33(3)20-24-11-8-7-9-12-24/h7-9,11-12,14-15,18,21,23,27,30H,10,13,16-17,20,22H2,1-6H3/t23-,27?,30?/m1/s1. The van der Waals surface area contributed by atoms with E-state index in [1.807, 2.05) is 42.5 Å². The summed E-state index contributed by atoms with van der Waals surface area (Å²) in [5.41, 5.74) is 3.75. The van der Waals surface area contributed by atoms with Crippen LogP contribution in [-0.4, -0.2) is 62.7 Å². The zero-order chi connectivity index (χ0) is 28.4. The lowest BCUT2D eigenvalue weighted by Crippen LogP contribution is -2.38. The summed E-state index contributed by atoms with van der Waals surface area (Å²) in [6.45, 7) is 10.8. The molecule has 0 bridgehead atoms. The number of nitrogens with zero attached hydrogens (tertiary/aromatic N) is 4. The highest BCUT2D eigenvalue weighted by Crippen LogP contribution is 2.32. The van der Waals surface area contributed by atoms with Crippen LogP contribution in [0.2, 0.25) is 19.6 Å². The second-order valence-electron chi connectivity index (χ2n) is 12.0. The molecule has 1 fully saturated rings. The number of fused-ring (bicyclic) bond motifs is 1. The third-order valence-corrected chi connectivity index (χ3v) is 12.8. The number of hydrogen-bond acceptors (Lipinski definition) is 5.